The zero-order valence-electron chi connectivity index (χ0n) is 12.4. The van der Waals surface area contributed by atoms with Crippen LogP contribution in [0.2, 0.25) is 0 Å². The van der Waals surface area contributed by atoms with Crippen LogP contribution in [0.1, 0.15) is 25.1 Å². The molecule has 2 heterocycles. The lowest BCUT2D eigenvalue weighted by Gasteiger charge is -2.26. The quantitative estimate of drug-likeness (QED) is 0.835. The highest BCUT2D eigenvalue weighted by molar-refractivity contribution is 7.09. The second kappa shape index (κ2) is 6.70. The summed E-state index contributed by atoms with van der Waals surface area (Å²) in [6, 6.07) is 4.09. The Bertz CT molecular complexity index is 434. The number of hydrogen-bond donors (Lipinski definition) is 2. The summed E-state index contributed by atoms with van der Waals surface area (Å²) in [6.45, 7) is 7.48. The van der Waals surface area contributed by atoms with Gasteiger partial charge >= 0.3 is 0 Å². The van der Waals surface area contributed by atoms with E-state index in [4.69, 9.17) is 5.73 Å². The fraction of sp³-hybridized carbons (Fsp3) is 0.667. The smallest absolute Gasteiger partial charge is 0.237 e. The standard InChI is InChI=1S/C15H25N3OS/c1-12(18-8-6-15(2,10-16)11-18)14(19)17-7-5-13-4-3-9-20-13/h3-4,9,12H,5-8,10-11,16H2,1-2H3,(H,17,19). The number of thiophene rings is 1. The molecule has 0 spiro atoms. The van der Waals surface area contributed by atoms with E-state index in [1.165, 1.54) is 4.88 Å². The first-order valence-electron chi connectivity index (χ1n) is 7.28. The van der Waals surface area contributed by atoms with E-state index in [1.54, 1.807) is 11.3 Å². The summed E-state index contributed by atoms with van der Waals surface area (Å²) in [4.78, 5) is 15.7. The molecular weight excluding hydrogens is 270 g/mol. The van der Waals surface area contributed by atoms with Crippen LogP contribution in [0.25, 0.3) is 0 Å². The lowest BCUT2D eigenvalue weighted by molar-refractivity contribution is -0.125. The average molecular weight is 295 g/mol. The Morgan fingerprint density at radius 2 is 2.45 bits per heavy atom. The molecule has 1 saturated heterocycles. The molecule has 1 aromatic heterocycles. The van der Waals surface area contributed by atoms with Gasteiger partial charge in [0.1, 0.15) is 0 Å². The molecule has 0 saturated carbocycles. The molecule has 20 heavy (non-hydrogen) atoms. The number of hydrogen-bond acceptors (Lipinski definition) is 4. The summed E-state index contributed by atoms with van der Waals surface area (Å²) >= 11 is 1.74. The van der Waals surface area contributed by atoms with Crippen molar-refractivity contribution in [1.82, 2.24) is 10.2 Å². The van der Waals surface area contributed by atoms with E-state index in [1.807, 2.05) is 13.0 Å². The largest absolute Gasteiger partial charge is 0.354 e. The molecule has 112 valence electrons. The highest BCUT2D eigenvalue weighted by atomic mass is 32.1. The lowest BCUT2D eigenvalue weighted by atomic mass is 9.90. The molecule has 0 bridgehead atoms. The van der Waals surface area contributed by atoms with E-state index in [0.717, 1.165) is 25.9 Å². The normalized spacial score (nSPS) is 24.8. The van der Waals surface area contributed by atoms with E-state index in [2.05, 4.69) is 28.6 Å². The molecule has 1 amide bonds. The molecule has 1 aliphatic heterocycles. The van der Waals surface area contributed by atoms with Crippen molar-refractivity contribution in [3.8, 4) is 0 Å². The summed E-state index contributed by atoms with van der Waals surface area (Å²) in [5.74, 6) is 0.128. The number of amides is 1. The van der Waals surface area contributed by atoms with Gasteiger partial charge in [0, 0.05) is 18.0 Å². The minimum Gasteiger partial charge on any atom is -0.354 e. The first-order chi connectivity index (χ1) is 9.54. The maximum absolute atomic E-state index is 12.2. The Labute approximate surface area is 125 Å². The maximum atomic E-state index is 12.2. The van der Waals surface area contributed by atoms with Gasteiger partial charge in [-0.1, -0.05) is 13.0 Å². The molecule has 0 aliphatic carbocycles. The molecule has 1 aromatic rings. The van der Waals surface area contributed by atoms with Crippen LogP contribution in [0.3, 0.4) is 0 Å². The second-order valence-electron chi connectivity index (χ2n) is 6.03. The molecular formula is C15H25N3OS. The summed E-state index contributed by atoms with van der Waals surface area (Å²) < 4.78 is 0. The fourth-order valence-electron chi connectivity index (χ4n) is 2.64. The molecule has 0 radical (unpaired) electrons. The molecule has 5 heteroatoms. The SMILES string of the molecule is CC(C(=O)NCCc1cccs1)N1CCC(C)(CN)C1. The number of likely N-dealkylation sites (tertiary alicyclic amines) is 1. The molecule has 3 N–H and O–H groups in total. The molecule has 1 fully saturated rings. The van der Waals surface area contributed by atoms with Gasteiger partial charge in [-0.2, -0.15) is 0 Å². The molecule has 0 aromatic carbocycles. The van der Waals surface area contributed by atoms with Crippen molar-refractivity contribution < 1.29 is 4.79 Å². The molecule has 2 atom stereocenters. The summed E-state index contributed by atoms with van der Waals surface area (Å²) in [5.41, 5.74) is 5.99. The zero-order valence-corrected chi connectivity index (χ0v) is 13.2. The number of nitrogens with one attached hydrogen (secondary N) is 1. The number of carbonyl (C=O) groups is 1. The number of rotatable bonds is 6. The van der Waals surface area contributed by atoms with E-state index in [-0.39, 0.29) is 17.4 Å². The third kappa shape index (κ3) is 3.81. The molecule has 1 aliphatic rings. The van der Waals surface area contributed by atoms with Crippen molar-refractivity contribution in [3.63, 3.8) is 0 Å². The van der Waals surface area contributed by atoms with Gasteiger partial charge in [0.15, 0.2) is 0 Å². The van der Waals surface area contributed by atoms with Crippen molar-refractivity contribution >= 4 is 17.2 Å². The van der Waals surface area contributed by atoms with Gasteiger partial charge in [-0.3, -0.25) is 9.69 Å². The Hall–Kier alpha value is -0.910. The highest BCUT2D eigenvalue weighted by Gasteiger charge is 2.36. The Balaban J connectivity index is 1.75. The number of carbonyl (C=O) groups excluding carboxylic acids is 1. The minimum absolute atomic E-state index is 0.0632. The van der Waals surface area contributed by atoms with Crippen molar-refractivity contribution in [2.45, 2.75) is 32.7 Å². The van der Waals surface area contributed by atoms with Gasteiger partial charge < -0.3 is 11.1 Å². The lowest BCUT2D eigenvalue weighted by Crippen LogP contribution is -2.45. The van der Waals surface area contributed by atoms with Gasteiger partial charge in [-0.05, 0) is 49.7 Å². The number of nitrogens with two attached hydrogens (primary N) is 1. The van der Waals surface area contributed by atoms with E-state index >= 15 is 0 Å². The second-order valence-corrected chi connectivity index (χ2v) is 7.06. The topological polar surface area (TPSA) is 58.4 Å². The first-order valence-corrected chi connectivity index (χ1v) is 8.16. The van der Waals surface area contributed by atoms with E-state index in [9.17, 15) is 4.79 Å². The van der Waals surface area contributed by atoms with Gasteiger partial charge in [-0.15, -0.1) is 11.3 Å². The van der Waals surface area contributed by atoms with Crippen LogP contribution in [0, 0.1) is 5.41 Å². The van der Waals surface area contributed by atoms with Gasteiger partial charge in [0.05, 0.1) is 6.04 Å². The molecule has 2 unspecified atom stereocenters. The summed E-state index contributed by atoms with van der Waals surface area (Å²) in [6.07, 6.45) is 1.99. The van der Waals surface area contributed by atoms with Crippen LogP contribution in [0.15, 0.2) is 17.5 Å². The third-order valence-electron chi connectivity index (χ3n) is 4.26. The van der Waals surface area contributed by atoms with Crippen molar-refractivity contribution in [1.29, 1.82) is 0 Å². The van der Waals surface area contributed by atoms with Gasteiger partial charge in [0.2, 0.25) is 5.91 Å². The number of nitrogens with zero attached hydrogens (tertiary/aromatic N) is 1. The highest BCUT2D eigenvalue weighted by Crippen LogP contribution is 2.29. The predicted octanol–water partition coefficient (Wildman–Crippen LogP) is 1.47. The van der Waals surface area contributed by atoms with E-state index < -0.39 is 0 Å². The van der Waals surface area contributed by atoms with Crippen molar-refractivity contribution in [2.75, 3.05) is 26.2 Å². The Morgan fingerprint density at radius 3 is 3.05 bits per heavy atom. The van der Waals surface area contributed by atoms with Gasteiger partial charge in [-0.25, -0.2) is 0 Å². The minimum atomic E-state index is -0.0632. The molecule has 4 nitrogen and oxygen atoms in total. The van der Waals surface area contributed by atoms with Crippen molar-refractivity contribution in [2.24, 2.45) is 11.1 Å². The Kier molecular flexibility index (Phi) is 5.18. The average Bonchev–Trinajstić information content (AvgIpc) is 3.08. The van der Waals surface area contributed by atoms with Crippen LogP contribution in [0.5, 0.6) is 0 Å². The fourth-order valence-corrected chi connectivity index (χ4v) is 3.35. The van der Waals surface area contributed by atoms with Crippen LogP contribution >= 0.6 is 11.3 Å². The summed E-state index contributed by atoms with van der Waals surface area (Å²) in [5, 5.41) is 5.10. The van der Waals surface area contributed by atoms with E-state index in [0.29, 0.717) is 13.1 Å². The van der Waals surface area contributed by atoms with Gasteiger partial charge in [0.25, 0.3) is 0 Å². The van der Waals surface area contributed by atoms with Crippen LogP contribution < -0.4 is 11.1 Å². The predicted molar refractivity (Wildman–Crippen MR) is 83.8 cm³/mol. The third-order valence-corrected chi connectivity index (χ3v) is 5.19. The first kappa shape index (κ1) is 15.5. The summed E-state index contributed by atoms with van der Waals surface area (Å²) in [7, 11) is 0. The van der Waals surface area contributed by atoms with Crippen LogP contribution in [0.4, 0.5) is 0 Å². The zero-order chi connectivity index (χ0) is 14.6. The van der Waals surface area contributed by atoms with Crippen LogP contribution in [-0.4, -0.2) is 43.0 Å². The maximum Gasteiger partial charge on any atom is 0.237 e. The van der Waals surface area contributed by atoms with Crippen molar-refractivity contribution in [3.05, 3.63) is 22.4 Å². The monoisotopic (exact) mass is 295 g/mol. The molecule has 2 rings (SSSR count). The Morgan fingerprint density at radius 1 is 1.65 bits per heavy atom. The van der Waals surface area contributed by atoms with Crippen LogP contribution in [-0.2, 0) is 11.2 Å².